The molecule has 1 heterocycles. The summed E-state index contributed by atoms with van der Waals surface area (Å²) in [5.74, 6) is 0. The van der Waals surface area contributed by atoms with E-state index in [9.17, 15) is 0 Å². The number of nitrogens with two attached hydrogens (primary N) is 2. The minimum atomic E-state index is 0.628. The van der Waals surface area contributed by atoms with Crippen LogP contribution in [0.2, 0.25) is 5.02 Å². The summed E-state index contributed by atoms with van der Waals surface area (Å²) in [5, 5.41) is 0.691. The number of hydrogen-bond acceptors (Lipinski definition) is 4. The molecule has 4 N–H and O–H groups in total. The van der Waals surface area contributed by atoms with Crippen LogP contribution in [0.25, 0.3) is 0 Å². The highest BCUT2D eigenvalue weighted by Gasteiger charge is 2.06. The second-order valence-corrected chi connectivity index (χ2v) is 3.73. The molecule has 0 atom stereocenters. The number of pyridine rings is 1. The number of halogens is 1. The monoisotopic (exact) mass is 228 g/mol. The third-order valence-electron chi connectivity index (χ3n) is 2.14. The molecule has 0 saturated heterocycles. The molecule has 0 bridgehead atoms. The molecule has 15 heavy (non-hydrogen) atoms. The fraction of sp³-hybridized carbons (Fsp3) is 0.500. The molecule has 1 aromatic heterocycles. The van der Waals surface area contributed by atoms with Crippen molar-refractivity contribution in [2.45, 2.75) is 6.54 Å². The van der Waals surface area contributed by atoms with Gasteiger partial charge in [-0.25, -0.2) is 0 Å². The normalized spacial score (nSPS) is 10.9. The van der Waals surface area contributed by atoms with Gasteiger partial charge in [0.1, 0.15) is 0 Å². The molecule has 0 unspecified atom stereocenters. The smallest absolute Gasteiger partial charge is 0.0634 e. The lowest BCUT2D eigenvalue weighted by Gasteiger charge is -2.21. The molecule has 4 nitrogen and oxygen atoms in total. The summed E-state index contributed by atoms with van der Waals surface area (Å²) in [6.07, 6.45) is 3.39. The van der Waals surface area contributed by atoms with Gasteiger partial charge in [-0.2, -0.15) is 0 Å². The third-order valence-corrected chi connectivity index (χ3v) is 2.48. The summed E-state index contributed by atoms with van der Waals surface area (Å²) < 4.78 is 0. The highest BCUT2D eigenvalue weighted by molar-refractivity contribution is 6.31. The van der Waals surface area contributed by atoms with Crippen LogP contribution < -0.4 is 11.5 Å². The number of aromatic nitrogens is 1. The van der Waals surface area contributed by atoms with Crippen molar-refractivity contribution in [3.05, 3.63) is 29.0 Å². The Bertz CT molecular complexity index is 287. The van der Waals surface area contributed by atoms with E-state index in [2.05, 4.69) is 9.88 Å². The lowest BCUT2D eigenvalue weighted by atomic mass is 10.2. The first kappa shape index (κ1) is 12.4. The SMILES string of the molecule is NCCN(CCN)Cc1ccncc1Cl. The standard InChI is InChI=1S/C10H17ClN4/c11-10-7-14-4-1-9(10)8-15(5-2-12)6-3-13/h1,4,7H,2-3,5-6,8,12-13H2. The van der Waals surface area contributed by atoms with Crippen molar-refractivity contribution < 1.29 is 0 Å². The van der Waals surface area contributed by atoms with Crippen molar-refractivity contribution in [2.75, 3.05) is 26.2 Å². The van der Waals surface area contributed by atoms with E-state index < -0.39 is 0 Å². The zero-order valence-electron chi connectivity index (χ0n) is 8.69. The summed E-state index contributed by atoms with van der Waals surface area (Å²) in [7, 11) is 0. The van der Waals surface area contributed by atoms with Crippen LogP contribution in [0.1, 0.15) is 5.56 Å². The topological polar surface area (TPSA) is 68.2 Å². The van der Waals surface area contributed by atoms with Gasteiger partial charge in [0.25, 0.3) is 0 Å². The third kappa shape index (κ3) is 4.13. The van der Waals surface area contributed by atoms with Crippen LogP contribution in [-0.4, -0.2) is 36.1 Å². The molecule has 5 heteroatoms. The van der Waals surface area contributed by atoms with Gasteiger partial charge in [-0.15, -0.1) is 0 Å². The number of nitrogens with zero attached hydrogens (tertiary/aromatic N) is 2. The van der Waals surface area contributed by atoms with E-state index in [-0.39, 0.29) is 0 Å². The van der Waals surface area contributed by atoms with Crippen LogP contribution in [0.3, 0.4) is 0 Å². The van der Waals surface area contributed by atoms with E-state index in [0.29, 0.717) is 18.1 Å². The summed E-state index contributed by atoms with van der Waals surface area (Å²) in [4.78, 5) is 6.13. The van der Waals surface area contributed by atoms with E-state index >= 15 is 0 Å². The van der Waals surface area contributed by atoms with Crippen molar-refractivity contribution in [3.8, 4) is 0 Å². The Hall–Kier alpha value is -0.680. The molecule has 0 aliphatic heterocycles. The molecule has 0 fully saturated rings. The molecule has 0 radical (unpaired) electrons. The van der Waals surface area contributed by atoms with Gasteiger partial charge < -0.3 is 11.5 Å². The Kier molecular flexibility index (Phi) is 5.57. The van der Waals surface area contributed by atoms with Crippen molar-refractivity contribution >= 4 is 11.6 Å². The molecular formula is C10H17ClN4. The van der Waals surface area contributed by atoms with Crippen molar-refractivity contribution in [2.24, 2.45) is 11.5 Å². The molecule has 0 aliphatic rings. The van der Waals surface area contributed by atoms with Crippen LogP contribution in [0.4, 0.5) is 0 Å². The highest BCUT2D eigenvalue weighted by Crippen LogP contribution is 2.15. The Morgan fingerprint density at radius 2 is 1.93 bits per heavy atom. The lowest BCUT2D eigenvalue weighted by Crippen LogP contribution is -2.33. The van der Waals surface area contributed by atoms with Gasteiger partial charge in [0, 0.05) is 45.1 Å². The first-order valence-electron chi connectivity index (χ1n) is 4.98. The minimum absolute atomic E-state index is 0.628. The average molecular weight is 229 g/mol. The highest BCUT2D eigenvalue weighted by atomic mass is 35.5. The van der Waals surface area contributed by atoms with Crippen molar-refractivity contribution in [1.82, 2.24) is 9.88 Å². The lowest BCUT2D eigenvalue weighted by molar-refractivity contribution is 0.281. The summed E-state index contributed by atoms with van der Waals surface area (Å²) >= 11 is 6.02. The quantitative estimate of drug-likeness (QED) is 0.742. The maximum Gasteiger partial charge on any atom is 0.0634 e. The fourth-order valence-corrected chi connectivity index (χ4v) is 1.59. The largest absolute Gasteiger partial charge is 0.329 e. The molecule has 0 saturated carbocycles. The van der Waals surface area contributed by atoms with Crippen LogP contribution in [0.15, 0.2) is 18.5 Å². The van der Waals surface area contributed by atoms with Crippen LogP contribution in [-0.2, 0) is 6.54 Å². The number of hydrogen-bond donors (Lipinski definition) is 2. The van der Waals surface area contributed by atoms with E-state index in [1.807, 2.05) is 6.07 Å². The molecule has 0 aliphatic carbocycles. The number of rotatable bonds is 6. The molecular weight excluding hydrogens is 212 g/mol. The van der Waals surface area contributed by atoms with Gasteiger partial charge >= 0.3 is 0 Å². The van der Waals surface area contributed by atoms with Crippen molar-refractivity contribution in [1.29, 1.82) is 0 Å². The second kappa shape index (κ2) is 6.74. The maximum absolute atomic E-state index is 6.02. The predicted octanol–water partition coefficient (Wildman–Crippen LogP) is 0.454. The predicted molar refractivity (Wildman–Crippen MR) is 62.6 cm³/mol. The average Bonchev–Trinajstić information content (AvgIpc) is 2.22. The molecule has 0 amide bonds. The minimum Gasteiger partial charge on any atom is -0.329 e. The zero-order valence-corrected chi connectivity index (χ0v) is 9.45. The van der Waals surface area contributed by atoms with Gasteiger partial charge in [-0.3, -0.25) is 9.88 Å². The van der Waals surface area contributed by atoms with E-state index in [1.54, 1.807) is 12.4 Å². The van der Waals surface area contributed by atoms with Crippen LogP contribution >= 0.6 is 11.6 Å². The summed E-state index contributed by atoms with van der Waals surface area (Å²) in [6.45, 7) is 3.69. The summed E-state index contributed by atoms with van der Waals surface area (Å²) in [6, 6.07) is 1.92. The molecule has 0 spiro atoms. The van der Waals surface area contributed by atoms with Crippen LogP contribution in [0.5, 0.6) is 0 Å². The van der Waals surface area contributed by atoms with Gasteiger partial charge in [-0.05, 0) is 11.6 Å². The maximum atomic E-state index is 6.02. The Morgan fingerprint density at radius 3 is 2.47 bits per heavy atom. The van der Waals surface area contributed by atoms with Gasteiger partial charge in [0.05, 0.1) is 5.02 Å². The summed E-state index contributed by atoms with van der Waals surface area (Å²) in [5.41, 5.74) is 12.1. The Balaban J connectivity index is 2.60. The molecule has 1 rings (SSSR count). The Morgan fingerprint density at radius 1 is 1.27 bits per heavy atom. The molecule has 0 aromatic carbocycles. The van der Waals surface area contributed by atoms with Crippen molar-refractivity contribution in [3.63, 3.8) is 0 Å². The van der Waals surface area contributed by atoms with Gasteiger partial charge in [0.15, 0.2) is 0 Å². The van der Waals surface area contributed by atoms with Gasteiger partial charge in [0.2, 0.25) is 0 Å². The Labute approximate surface area is 95.2 Å². The first-order valence-corrected chi connectivity index (χ1v) is 5.36. The zero-order chi connectivity index (χ0) is 11.1. The van der Waals surface area contributed by atoms with E-state index in [0.717, 1.165) is 25.2 Å². The van der Waals surface area contributed by atoms with E-state index in [1.165, 1.54) is 0 Å². The van der Waals surface area contributed by atoms with E-state index in [4.69, 9.17) is 23.1 Å². The fourth-order valence-electron chi connectivity index (χ4n) is 1.41. The molecule has 84 valence electrons. The van der Waals surface area contributed by atoms with Gasteiger partial charge in [-0.1, -0.05) is 11.6 Å². The van der Waals surface area contributed by atoms with Crippen LogP contribution in [0, 0.1) is 0 Å². The second-order valence-electron chi connectivity index (χ2n) is 3.32. The molecule has 1 aromatic rings. The first-order chi connectivity index (χ1) is 7.27.